The molecule has 2 aliphatic heterocycles. The van der Waals surface area contributed by atoms with Gasteiger partial charge in [-0.25, -0.2) is 0 Å². The van der Waals surface area contributed by atoms with Crippen LogP contribution in [0.5, 0.6) is 0 Å². The highest BCUT2D eigenvalue weighted by atomic mass is 32.2. The van der Waals surface area contributed by atoms with Crippen molar-refractivity contribution in [2.75, 3.05) is 31.1 Å². The van der Waals surface area contributed by atoms with Crippen molar-refractivity contribution in [1.29, 1.82) is 0 Å². The predicted molar refractivity (Wildman–Crippen MR) is 64.7 cm³/mol. The molecule has 0 bridgehead atoms. The van der Waals surface area contributed by atoms with Crippen LogP contribution >= 0.6 is 0 Å². The monoisotopic (exact) mass is 244 g/mol. The van der Waals surface area contributed by atoms with Crippen molar-refractivity contribution in [3.05, 3.63) is 0 Å². The summed E-state index contributed by atoms with van der Waals surface area (Å²) in [6.45, 7) is 4.24. The van der Waals surface area contributed by atoms with E-state index in [2.05, 4.69) is 5.32 Å². The molecule has 1 atom stereocenters. The lowest BCUT2D eigenvalue weighted by Gasteiger charge is -2.39. The van der Waals surface area contributed by atoms with Crippen LogP contribution in [0.3, 0.4) is 0 Å². The summed E-state index contributed by atoms with van der Waals surface area (Å²) in [7, 11) is -0.710. The zero-order valence-electron chi connectivity index (χ0n) is 9.83. The summed E-state index contributed by atoms with van der Waals surface area (Å²) >= 11 is 0. The summed E-state index contributed by atoms with van der Waals surface area (Å²) in [4.78, 5) is 14.2. The molecule has 0 aliphatic carbocycles. The number of carbonyl (C=O) groups excluding carboxylic acids is 1. The second-order valence-electron chi connectivity index (χ2n) is 4.86. The Balaban J connectivity index is 1.98. The molecule has 0 radical (unpaired) electrons. The summed E-state index contributed by atoms with van der Waals surface area (Å²) in [6, 6.07) is 0. The Bertz CT molecular complexity index is 290. The first-order valence-corrected chi connectivity index (χ1v) is 7.50. The first-order chi connectivity index (χ1) is 7.62. The van der Waals surface area contributed by atoms with Crippen molar-refractivity contribution < 1.29 is 9.00 Å². The highest BCUT2D eigenvalue weighted by Gasteiger charge is 2.38. The number of carbonyl (C=O) groups is 1. The summed E-state index contributed by atoms with van der Waals surface area (Å²) in [5.41, 5.74) is -0.378. The SMILES string of the molecule is CC1(C(=O)N2CCS(=O)CC2)CCCCN1. The van der Waals surface area contributed by atoms with E-state index in [0.29, 0.717) is 24.6 Å². The molecule has 2 aliphatic rings. The van der Waals surface area contributed by atoms with Crippen molar-refractivity contribution in [1.82, 2.24) is 10.2 Å². The Hall–Kier alpha value is -0.420. The molecule has 2 rings (SSSR count). The van der Waals surface area contributed by atoms with Gasteiger partial charge in [-0.2, -0.15) is 0 Å². The Morgan fingerprint density at radius 1 is 1.31 bits per heavy atom. The maximum Gasteiger partial charge on any atom is 0.242 e. The lowest BCUT2D eigenvalue weighted by atomic mass is 9.89. The second kappa shape index (κ2) is 4.84. The lowest BCUT2D eigenvalue weighted by Crippen LogP contribution is -2.59. The number of nitrogens with zero attached hydrogens (tertiary/aromatic N) is 1. The number of amides is 1. The Morgan fingerprint density at radius 2 is 2.00 bits per heavy atom. The van der Waals surface area contributed by atoms with Gasteiger partial charge in [0.25, 0.3) is 0 Å². The second-order valence-corrected chi connectivity index (χ2v) is 6.55. The van der Waals surface area contributed by atoms with Gasteiger partial charge < -0.3 is 10.2 Å². The highest BCUT2D eigenvalue weighted by Crippen LogP contribution is 2.21. The molecule has 0 spiro atoms. The van der Waals surface area contributed by atoms with E-state index in [-0.39, 0.29) is 11.4 Å². The molecular formula is C11H20N2O2S. The van der Waals surface area contributed by atoms with Crippen LogP contribution in [0, 0.1) is 0 Å². The minimum atomic E-state index is -0.710. The molecule has 2 fully saturated rings. The van der Waals surface area contributed by atoms with Crippen molar-refractivity contribution in [3.63, 3.8) is 0 Å². The van der Waals surface area contributed by atoms with Gasteiger partial charge in [-0.05, 0) is 32.7 Å². The maximum atomic E-state index is 12.3. The number of rotatable bonds is 1. The van der Waals surface area contributed by atoms with Gasteiger partial charge in [0.1, 0.15) is 0 Å². The first kappa shape index (κ1) is 12.0. The van der Waals surface area contributed by atoms with Crippen LogP contribution in [0.4, 0.5) is 0 Å². The van der Waals surface area contributed by atoms with E-state index in [1.54, 1.807) is 0 Å². The number of piperidine rings is 1. The quantitative estimate of drug-likeness (QED) is 0.712. The van der Waals surface area contributed by atoms with Gasteiger partial charge in [0.2, 0.25) is 5.91 Å². The number of hydrogen-bond acceptors (Lipinski definition) is 3. The van der Waals surface area contributed by atoms with Crippen LogP contribution < -0.4 is 5.32 Å². The van der Waals surface area contributed by atoms with Crippen LogP contribution in [-0.2, 0) is 15.6 Å². The van der Waals surface area contributed by atoms with Crippen molar-refractivity contribution in [3.8, 4) is 0 Å². The zero-order valence-corrected chi connectivity index (χ0v) is 10.6. The third-order valence-corrected chi connectivity index (χ3v) is 4.83. The topological polar surface area (TPSA) is 49.4 Å². The lowest BCUT2D eigenvalue weighted by molar-refractivity contribution is -0.138. The average molecular weight is 244 g/mol. The fourth-order valence-electron chi connectivity index (χ4n) is 2.43. The van der Waals surface area contributed by atoms with Gasteiger partial charge in [-0.1, -0.05) is 0 Å². The van der Waals surface area contributed by atoms with Gasteiger partial charge >= 0.3 is 0 Å². The Kier molecular flexibility index (Phi) is 3.64. The zero-order chi connectivity index (χ0) is 11.6. The molecule has 1 unspecified atom stereocenters. The summed E-state index contributed by atoms with van der Waals surface area (Å²) in [5.74, 6) is 1.48. The Morgan fingerprint density at radius 3 is 2.56 bits per heavy atom. The molecule has 2 saturated heterocycles. The van der Waals surface area contributed by atoms with Gasteiger partial charge in [-0.3, -0.25) is 9.00 Å². The van der Waals surface area contributed by atoms with Crippen molar-refractivity contribution in [2.45, 2.75) is 31.7 Å². The summed E-state index contributed by atoms with van der Waals surface area (Å²) < 4.78 is 11.2. The largest absolute Gasteiger partial charge is 0.339 e. The molecule has 1 amide bonds. The standard InChI is InChI=1S/C11H20N2O2S/c1-11(4-2-3-5-12-11)10(14)13-6-8-16(15)9-7-13/h12H,2-9H2,1H3. The van der Waals surface area contributed by atoms with E-state index in [9.17, 15) is 9.00 Å². The van der Waals surface area contributed by atoms with Crippen LogP contribution in [-0.4, -0.2) is 51.7 Å². The van der Waals surface area contributed by atoms with Crippen LogP contribution in [0.15, 0.2) is 0 Å². The molecular weight excluding hydrogens is 224 g/mol. The minimum Gasteiger partial charge on any atom is -0.339 e. The van der Waals surface area contributed by atoms with E-state index in [4.69, 9.17) is 0 Å². The molecule has 16 heavy (non-hydrogen) atoms. The molecule has 92 valence electrons. The maximum absolute atomic E-state index is 12.3. The van der Waals surface area contributed by atoms with E-state index in [0.717, 1.165) is 25.8 Å². The van der Waals surface area contributed by atoms with E-state index < -0.39 is 10.8 Å². The van der Waals surface area contributed by atoms with Crippen LogP contribution in [0.2, 0.25) is 0 Å². The van der Waals surface area contributed by atoms with Gasteiger partial charge in [0.05, 0.1) is 5.54 Å². The van der Waals surface area contributed by atoms with E-state index in [1.807, 2.05) is 11.8 Å². The van der Waals surface area contributed by atoms with Crippen LogP contribution in [0.1, 0.15) is 26.2 Å². The van der Waals surface area contributed by atoms with Crippen molar-refractivity contribution >= 4 is 16.7 Å². The van der Waals surface area contributed by atoms with Gasteiger partial charge in [-0.15, -0.1) is 0 Å². The first-order valence-electron chi connectivity index (χ1n) is 6.01. The van der Waals surface area contributed by atoms with Crippen molar-refractivity contribution in [2.24, 2.45) is 0 Å². The number of hydrogen-bond donors (Lipinski definition) is 1. The normalized spacial score (nSPS) is 32.7. The highest BCUT2D eigenvalue weighted by molar-refractivity contribution is 7.85. The average Bonchev–Trinajstić information content (AvgIpc) is 2.30. The van der Waals surface area contributed by atoms with E-state index in [1.165, 1.54) is 0 Å². The minimum absolute atomic E-state index is 0.198. The molecule has 0 aromatic carbocycles. The molecule has 0 saturated carbocycles. The molecule has 2 heterocycles. The van der Waals surface area contributed by atoms with Gasteiger partial charge in [0, 0.05) is 35.4 Å². The third kappa shape index (κ3) is 2.46. The van der Waals surface area contributed by atoms with Crippen LogP contribution in [0.25, 0.3) is 0 Å². The molecule has 5 heteroatoms. The molecule has 1 N–H and O–H groups in total. The summed E-state index contributed by atoms with van der Waals surface area (Å²) in [6.07, 6.45) is 3.20. The Labute approximate surface area is 99.2 Å². The van der Waals surface area contributed by atoms with E-state index >= 15 is 0 Å². The summed E-state index contributed by atoms with van der Waals surface area (Å²) in [5, 5.41) is 3.34. The molecule has 4 nitrogen and oxygen atoms in total. The smallest absolute Gasteiger partial charge is 0.242 e. The molecule has 0 aromatic heterocycles. The van der Waals surface area contributed by atoms with Gasteiger partial charge in [0.15, 0.2) is 0 Å². The molecule has 0 aromatic rings. The fourth-order valence-corrected chi connectivity index (χ4v) is 3.48. The number of nitrogens with one attached hydrogen (secondary N) is 1. The third-order valence-electron chi connectivity index (χ3n) is 3.56. The predicted octanol–water partition coefficient (Wildman–Crippen LogP) is 0.109. The fraction of sp³-hybridized carbons (Fsp3) is 0.909.